The molecule has 0 fully saturated rings. The number of carbonyl (C=O) groups excluding carboxylic acids is 2. The smallest absolute Gasteiger partial charge is 0.355 e. The first-order valence-electron chi connectivity index (χ1n) is 8.96. The zero-order valence-corrected chi connectivity index (χ0v) is 16.2. The number of carbonyl (C=O) groups is 2. The van der Waals surface area contributed by atoms with E-state index in [1.54, 1.807) is 23.3 Å². The molecular weight excluding hydrogens is 370 g/mol. The number of benzene rings is 2. The van der Waals surface area contributed by atoms with E-state index in [4.69, 9.17) is 14.2 Å². The maximum Gasteiger partial charge on any atom is 0.355 e. The summed E-state index contributed by atoms with van der Waals surface area (Å²) in [6.45, 7) is 0.356. The van der Waals surface area contributed by atoms with Crippen molar-refractivity contribution in [2.75, 3.05) is 19.1 Å². The second kappa shape index (κ2) is 9.41. The van der Waals surface area contributed by atoms with E-state index in [1.807, 2.05) is 54.6 Å². The Kier molecular flexibility index (Phi) is 6.47. The van der Waals surface area contributed by atoms with E-state index < -0.39 is 11.9 Å². The van der Waals surface area contributed by atoms with Crippen LogP contribution in [-0.4, -0.2) is 26.2 Å². The van der Waals surface area contributed by atoms with Gasteiger partial charge < -0.3 is 19.1 Å². The van der Waals surface area contributed by atoms with Crippen LogP contribution in [-0.2, 0) is 25.7 Å². The highest BCUT2D eigenvalue weighted by molar-refractivity contribution is 6.05. The van der Waals surface area contributed by atoms with Crippen molar-refractivity contribution in [2.24, 2.45) is 0 Å². The molecule has 2 aromatic carbocycles. The number of para-hydroxylation sites is 1. The standard InChI is InChI=1S/C23H21NO5/c1-27-22(25)20-13-6-7-14-24(21(20)23(26)28-2)18-10-8-9-17(15-18)16-29-19-11-4-3-5-12-19/h3-15H,16H2,1-2H3. The van der Waals surface area contributed by atoms with E-state index in [0.29, 0.717) is 12.3 Å². The third kappa shape index (κ3) is 4.73. The van der Waals surface area contributed by atoms with Gasteiger partial charge in [-0.25, -0.2) is 9.59 Å². The Hall–Kier alpha value is -3.80. The maximum absolute atomic E-state index is 12.5. The van der Waals surface area contributed by atoms with E-state index in [-0.39, 0.29) is 11.3 Å². The van der Waals surface area contributed by atoms with Gasteiger partial charge in [-0.2, -0.15) is 0 Å². The van der Waals surface area contributed by atoms with Crippen LogP contribution in [0, 0.1) is 0 Å². The van der Waals surface area contributed by atoms with Crippen molar-refractivity contribution >= 4 is 17.6 Å². The number of methoxy groups -OCH3 is 2. The summed E-state index contributed by atoms with van der Waals surface area (Å²) in [6.07, 6.45) is 6.61. The van der Waals surface area contributed by atoms with E-state index in [9.17, 15) is 9.59 Å². The Morgan fingerprint density at radius 2 is 1.66 bits per heavy atom. The van der Waals surface area contributed by atoms with Crippen LogP contribution in [0.2, 0.25) is 0 Å². The predicted octanol–water partition coefficient (Wildman–Crippen LogP) is 3.76. The first-order chi connectivity index (χ1) is 14.1. The van der Waals surface area contributed by atoms with Gasteiger partial charge in [0.25, 0.3) is 0 Å². The molecule has 6 heteroatoms. The van der Waals surface area contributed by atoms with E-state index >= 15 is 0 Å². The summed E-state index contributed by atoms with van der Waals surface area (Å²) in [4.78, 5) is 26.3. The molecule has 0 atom stereocenters. The minimum atomic E-state index is -0.646. The largest absolute Gasteiger partial charge is 0.489 e. The molecule has 0 aliphatic carbocycles. The molecule has 0 amide bonds. The molecule has 0 N–H and O–H groups in total. The number of nitrogens with zero attached hydrogens (tertiary/aromatic N) is 1. The Balaban J connectivity index is 1.94. The summed E-state index contributed by atoms with van der Waals surface area (Å²) < 4.78 is 15.6. The monoisotopic (exact) mass is 391 g/mol. The Morgan fingerprint density at radius 1 is 0.897 bits per heavy atom. The number of ether oxygens (including phenoxy) is 3. The van der Waals surface area contributed by atoms with Crippen molar-refractivity contribution in [1.29, 1.82) is 0 Å². The fraction of sp³-hybridized carbons (Fsp3) is 0.130. The maximum atomic E-state index is 12.5. The molecule has 0 saturated heterocycles. The molecule has 3 rings (SSSR count). The number of anilines is 1. The topological polar surface area (TPSA) is 65.1 Å². The average molecular weight is 391 g/mol. The molecular formula is C23H21NO5. The van der Waals surface area contributed by atoms with Gasteiger partial charge in [0, 0.05) is 11.9 Å². The van der Waals surface area contributed by atoms with Gasteiger partial charge >= 0.3 is 11.9 Å². The van der Waals surface area contributed by atoms with E-state index in [1.165, 1.54) is 20.3 Å². The van der Waals surface area contributed by atoms with Gasteiger partial charge in [-0.3, -0.25) is 0 Å². The molecule has 0 bridgehead atoms. The summed E-state index contributed by atoms with van der Waals surface area (Å²) in [5.41, 5.74) is 1.77. The molecule has 0 unspecified atom stereocenters. The summed E-state index contributed by atoms with van der Waals surface area (Å²) in [5.74, 6) is -0.508. The van der Waals surface area contributed by atoms with Crippen LogP contribution in [0.5, 0.6) is 5.75 Å². The summed E-state index contributed by atoms with van der Waals surface area (Å²) in [6, 6.07) is 17.0. The first kappa shape index (κ1) is 19.9. The van der Waals surface area contributed by atoms with Gasteiger partial charge in [-0.15, -0.1) is 0 Å². The molecule has 2 aromatic rings. The molecule has 0 radical (unpaired) electrons. The van der Waals surface area contributed by atoms with Gasteiger partial charge in [0.05, 0.1) is 19.8 Å². The van der Waals surface area contributed by atoms with E-state index in [0.717, 1.165) is 11.3 Å². The molecule has 1 heterocycles. The SMILES string of the molecule is COC(=O)C1=C(C(=O)OC)N(c2cccc(COc3ccccc3)c2)C=CC=C1. The number of esters is 2. The number of allylic oxidation sites excluding steroid dienone is 2. The van der Waals surface area contributed by atoms with Crippen LogP contribution in [0.4, 0.5) is 5.69 Å². The van der Waals surface area contributed by atoms with Crippen molar-refractivity contribution in [3.63, 3.8) is 0 Å². The van der Waals surface area contributed by atoms with Crippen molar-refractivity contribution in [3.8, 4) is 5.75 Å². The lowest BCUT2D eigenvalue weighted by Gasteiger charge is -2.23. The van der Waals surface area contributed by atoms with Gasteiger partial charge in [-0.05, 0) is 42.0 Å². The Morgan fingerprint density at radius 3 is 2.38 bits per heavy atom. The van der Waals surface area contributed by atoms with Crippen LogP contribution in [0.25, 0.3) is 0 Å². The minimum Gasteiger partial charge on any atom is -0.489 e. The number of rotatable bonds is 6. The zero-order valence-electron chi connectivity index (χ0n) is 16.2. The summed E-state index contributed by atoms with van der Waals surface area (Å²) in [7, 11) is 2.53. The first-order valence-corrected chi connectivity index (χ1v) is 8.96. The Bertz CT molecular complexity index is 976. The van der Waals surface area contributed by atoms with Crippen molar-refractivity contribution in [3.05, 3.63) is 95.9 Å². The fourth-order valence-electron chi connectivity index (χ4n) is 2.85. The van der Waals surface area contributed by atoms with E-state index in [2.05, 4.69) is 0 Å². The van der Waals surface area contributed by atoms with Gasteiger partial charge in [-0.1, -0.05) is 36.4 Å². The van der Waals surface area contributed by atoms with Crippen LogP contribution in [0.15, 0.2) is 90.3 Å². The molecule has 0 spiro atoms. The van der Waals surface area contributed by atoms with Gasteiger partial charge in [0.15, 0.2) is 0 Å². The highest BCUT2D eigenvalue weighted by atomic mass is 16.5. The van der Waals surface area contributed by atoms with Crippen molar-refractivity contribution < 1.29 is 23.8 Å². The lowest BCUT2D eigenvalue weighted by atomic mass is 10.1. The van der Waals surface area contributed by atoms with Crippen LogP contribution >= 0.6 is 0 Å². The van der Waals surface area contributed by atoms with Gasteiger partial charge in [0.1, 0.15) is 18.1 Å². The highest BCUT2D eigenvalue weighted by Crippen LogP contribution is 2.27. The molecule has 1 aliphatic rings. The molecule has 0 aromatic heterocycles. The third-order valence-corrected chi connectivity index (χ3v) is 4.23. The molecule has 1 aliphatic heterocycles. The highest BCUT2D eigenvalue weighted by Gasteiger charge is 2.27. The molecule has 29 heavy (non-hydrogen) atoms. The Labute approximate surface area is 169 Å². The molecule has 148 valence electrons. The average Bonchev–Trinajstić information content (AvgIpc) is 3.00. The van der Waals surface area contributed by atoms with Crippen LogP contribution in [0.3, 0.4) is 0 Å². The van der Waals surface area contributed by atoms with Crippen LogP contribution < -0.4 is 9.64 Å². The minimum absolute atomic E-state index is 0.0745. The lowest BCUT2D eigenvalue weighted by Crippen LogP contribution is -2.27. The predicted molar refractivity (Wildman–Crippen MR) is 109 cm³/mol. The third-order valence-electron chi connectivity index (χ3n) is 4.23. The van der Waals surface area contributed by atoms with Gasteiger partial charge in [0.2, 0.25) is 0 Å². The van der Waals surface area contributed by atoms with Crippen LogP contribution in [0.1, 0.15) is 5.56 Å². The molecule has 6 nitrogen and oxygen atoms in total. The van der Waals surface area contributed by atoms with Crippen molar-refractivity contribution in [2.45, 2.75) is 6.61 Å². The number of hydrogen-bond donors (Lipinski definition) is 0. The lowest BCUT2D eigenvalue weighted by molar-refractivity contribution is -0.139. The van der Waals surface area contributed by atoms with Crippen molar-refractivity contribution in [1.82, 2.24) is 0 Å². The second-order valence-corrected chi connectivity index (χ2v) is 6.09. The normalized spacial score (nSPS) is 13.1. The molecule has 0 saturated carbocycles. The quantitative estimate of drug-likeness (QED) is 0.699. The fourth-order valence-corrected chi connectivity index (χ4v) is 2.85. The summed E-state index contributed by atoms with van der Waals surface area (Å²) in [5, 5.41) is 0. The second-order valence-electron chi connectivity index (χ2n) is 6.09. The summed E-state index contributed by atoms with van der Waals surface area (Å²) >= 11 is 0. The zero-order chi connectivity index (χ0) is 20.6. The number of hydrogen-bond acceptors (Lipinski definition) is 6.